The van der Waals surface area contributed by atoms with Crippen LogP contribution in [0.3, 0.4) is 0 Å². The minimum absolute atomic E-state index is 0.432. The number of carbonyl (C=O) groups excluding carboxylic acids is 1. The van der Waals surface area contributed by atoms with Crippen LogP contribution in [0.5, 0.6) is 0 Å². The topological polar surface area (TPSA) is 63.2 Å². The third kappa shape index (κ3) is 3.58. The van der Waals surface area contributed by atoms with E-state index >= 15 is 0 Å². The number of fused-ring (bicyclic) bond motifs is 1. The first-order valence-corrected chi connectivity index (χ1v) is 6.34. The van der Waals surface area contributed by atoms with E-state index in [1.165, 1.54) is 0 Å². The predicted octanol–water partition coefficient (Wildman–Crippen LogP) is 3.09. The maximum Gasteiger partial charge on any atom is 0.425 e. The Kier molecular flexibility index (Phi) is 4.55. The van der Waals surface area contributed by atoms with Crippen LogP contribution in [0.4, 0.5) is 10.5 Å². The number of amides is 1. The number of ether oxygens (including phenoxy) is 1. The van der Waals surface area contributed by atoms with Crippen LogP contribution in [0.25, 0.3) is 10.9 Å². The number of nitrogens with one attached hydrogen (secondary N) is 2. The Morgan fingerprint density at radius 3 is 3.00 bits per heavy atom. The normalized spacial score (nSPS) is 10.2. The number of benzene rings is 1. The number of nitrogens with zero attached hydrogens (tertiary/aromatic N) is 1. The molecule has 5 nitrogen and oxygen atoms in total. The molecular formula is C14H17N3O2. The second kappa shape index (κ2) is 6.58. The van der Waals surface area contributed by atoms with Gasteiger partial charge in [-0.2, -0.15) is 0 Å². The summed E-state index contributed by atoms with van der Waals surface area (Å²) in [5, 5.41) is 0.943. The van der Waals surface area contributed by atoms with Gasteiger partial charge in [0, 0.05) is 11.6 Å². The minimum atomic E-state index is -0.477. The summed E-state index contributed by atoms with van der Waals surface area (Å²) in [6.45, 7) is 2.48. The third-order valence-electron chi connectivity index (χ3n) is 2.68. The van der Waals surface area contributed by atoms with Gasteiger partial charge in [-0.05, 0) is 18.6 Å². The second-order valence-electron chi connectivity index (χ2n) is 4.12. The Morgan fingerprint density at radius 2 is 2.16 bits per heavy atom. The molecule has 0 unspecified atom stereocenters. The largest absolute Gasteiger partial charge is 0.448 e. The quantitative estimate of drug-likeness (QED) is 0.639. The van der Waals surface area contributed by atoms with Gasteiger partial charge in [0.25, 0.3) is 0 Å². The summed E-state index contributed by atoms with van der Waals surface area (Å²) in [5.41, 5.74) is 7.02. The number of carbonyl (C=O) groups is 1. The smallest absolute Gasteiger partial charge is 0.425 e. The van der Waals surface area contributed by atoms with E-state index in [1.54, 1.807) is 12.3 Å². The lowest BCUT2D eigenvalue weighted by Crippen LogP contribution is -2.30. The standard InChI is InChI=1S/C14H17N3O2/c1-2-3-10-19-14(18)17-16-13-8-9-15-12-7-5-4-6-11(12)13/h4-9H,2-3,10H2,1H3,(H,15,16)(H,17,18). The first-order valence-electron chi connectivity index (χ1n) is 6.34. The number of hydrogen-bond donors (Lipinski definition) is 2. The molecule has 0 radical (unpaired) electrons. The fourth-order valence-corrected chi connectivity index (χ4v) is 1.67. The number of para-hydroxylation sites is 1. The minimum Gasteiger partial charge on any atom is -0.448 e. The average Bonchev–Trinajstić information content (AvgIpc) is 2.45. The molecule has 1 amide bonds. The van der Waals surface area contributed by atoms with Crippen molar-refractivity contribution in [2.45, 2.75) is 19.8 Å². The molecule has 0 aliphatic carbocycles. The summed E-state index contributed by atoms with van der Waals surface area (Å²) in [4.78, 5) is 15.7. The number of pyridine rings is 1. The van der Waals surface area contributed by atoms with E-state index in [9.17, 15) is 4.79 Å². The summed E-state index contributed by atoms with van der Waals surface area (Å²) < 4.78 is 4.99. The lowest BCUT2D eigenvalue weighted by atomic mass is 10.2. The van der Waals surface area contributed by atoms with Gasteiger partial charge in [0.05, 0.1) is 17.8 Å². The molecular weight excluding hydrogens is 242 g/mol. The highest BCUT2D eigenvalue weighted by molar-refractivity contribution is 5.91. The number of rotatable bonds is 5. The van der Waals surface area contributed by atoms with Crippen molar-refractivity contribution in [3.8, 4) is 0 Å². The molecule has 2 aromatic rings. The molecule has 2 N–H and O–H groups in total. The highest BCUT2D eigenvalue weighted by Crippen LogP contribution is 2.19. The van der Waals surface area contributed by atoms with E-state index in [2.05, 4.69) is 15.8 Å². The Bertz CT molecular complexity index is 552. The number of aromatic nitrogens is 1. The van der Waals surface area contributed by atoms with Crippen molar-refractivity contribution < 1.29 is 9.53 Å². The Hall–Kier alpha value is -2.30. The van der Waals surface area contributed by atoms with Gasteiger partial charge in [-0.1, -0.05) is 31.5 Å². The lowest BCUT2D eigenvalue weighted by Gasteiger charge is -2.10. The molecule has 0 bridgehead atoms. The van der Waals surface area contributed by atoms with Gasteiger partial charge in [-0.25, -0.2) is 10.2 Å². The van der Waals surface area contributed by atoms with Gasteiger partial charge >= 0.3 is 6.09 Å². The van der Waals surface area contributed by atoms with Crippen molar-refractivity contribution in [1.29, 1.82) is 0 Å². The molecule has 0 saturated heterocycles. The molecule has 1 aromatic heterocycles. The highest BCUT2D eigenvalue weighted by atomic mass is 16.6. The summed E-state index contributed by atoms with van der Waals surface area (Å²) in [7, 11) is 0. The monoisotopic (exact) mass is 259 g/mol. The van der Waals surface area contributed by atoms with Crippen LogP contribution in [0, 0.1) is 0 Å². The summed E-state index contributed by atoms with van der Waals surface area (Å²) in [6.07, 6.45) is 3.07. The first-order chi connectivity index (χ1) is 9.31. The molecule has 100 valence electrons. The Balaban J connectivity index is 1.96. The third-order valence-corrected chi connectivity index (χ3v) is 2.68. The van der Waals surface area contributed by atoms with Crippen LogP contribution >= 0.6 is 0 Å². The summed E-state index contributed by atoms with van der Waals surface area (Å²) >= 11 is 0. The van der Waals surface area contributed by atoms with Crippen molar-refractivity contribution in [1.82, 2.24) is 10.4 Å². The van der Waals surface area contributed by atoms with Crippen molar-refractivity contribution in [3.05, 3.63) is 36.5 Å². The van der Waals surface area contributed by atoms with Crippen LogP contribution < -0.4 is 10.9 Å². The van der Waals surface area contributed by atoms with Crippen molar-refractivity contribution >= 4 is 22.7 Å². The van der Waals surface area contributed by atoms with Gasteiger partial charge in [0.2, 0.25) is 0 Å². The number of hydrazine groups is 1. The highest BCUT2D eigenvalue weighted by Gasteiger charge is 2.03. The molecule has 1 aromatic carbocycles. The van der Waals surface area contributed by atoms with Gasteiger partial charge < -0.3 is 4.74 Å². The van der Waals surface area contributed by atoms with E-state index in [-0.39, 0.29) is 0 Å². The predicted molar refractivity (Wildman–Crippen MR) is 74.8 cm³/mol. The lowest BCUT2D eigenvalue weighted by molar-refractivity contribution is 0.147. The molecule has 0 fully saturated rings. The van der Waals surface area contributed by atoms with Crippen molar-refractivity contribution in [2.75, 3.05) is 12.0 Å². The van der Waals surface area contributed by atoms with Crippen molar-refractivity contribution in [2.24, 2.45) is 0 Å². The zero-order valence-electron chi connectivity index (χ0n) is 10.8. The van der Waals surface area contributed by atoms with Crippen LogP contribution in [-0.4, -0.2) is 17.7 Å². The number of anilines is 1. The molecule has 2 rings (SSSR count). The fraction of sp³-hybridized carbons (Fsp3) is 0.286. The molecule has 19 heavy (non-hydrogen) atoms. The molecule has 0 saturated carbocycles. The molecule has 0 atom stereocenters. The Morgan fingerprint density at radius 1 is 1.32 bits per heavy atom. The molecule has 0 aliphatic rings. The van der Waals surface area contributed by atoms with Crippen LogP contribution in [0.15, 0.2) is 36.5 Å². The fourth-order valence-electron chi connectivity index (χ4n) is 1.67. The molecule has 1 heterocycles. The van der Waals surface area contributed by atoms with E-state index in [0.717, 1.165) is 29.4 Å². The van der Waals surface area contributed by atoms with Gasteiger partial charge in [-0.15, -0.1) is 0 Å². The van der Waals surface area contributed by atoms with E-state index in [1.807, 2.05) is 31.2 Å². The van der Waals surface area contributed by atoms with Crippen molar-refractivity contribution in [3.63, 3.8) is 0 Å². The van der Waals surface area contributed by atoms with E-state index in [0.29, 0.717) is 6.61 Å². The van der Waals surface area contributed by atoms with Crippen LogP contribution in [0.1, 0.15) is 19.8 Å². The average molecular weight is 259 g/mol. The SMILES string of the molecule is CCCCOC(=O)NNc1ccnc2ccccc12. The van der Waals surface area contributed by atoms with Gasteiger partial charge in [0.1, 0.15) is 0 Å². The number of unbranched alkanes of at least 4 members (excludes halogenated alkanes) is 1. The summed E-state index contributed by atoms with van der Waals surface area (Å²) in [6, 6.07) is 9.50. The Labute approximate surface area is 112 Å². The first kappa shape index (κ1) is 13.1. The second-order valence-corrected chi connectivity index (χ2v) is 4.12. The zero-order chi connectivity index (χ0) is 13.5. The number of hydrogen-bond acceptors (Lipinski definition) is 4. The molecule has 0 spiro atoms. The van der Waals surface area contributed by atoms with E-state index < -0.39 is 6.09 Å². The van der Waals surface area contributed by atoms with Gasteiger partial charge in [-0.3, -0.25) is 10.4 Å². The maximum absolute atomic E-state index is 11.4. The molecule has 0 aliphatic heterocycles. The van der Waals surface area contributed by atoms with E-state index in [4.69, 9.17) is 4.74 Å². The maximum atomic E-state index is 11.4. The van der Waals surface area contributed by atoms with Crippen LogP contribution in [0.2, 0.25) is 0 Å². The zero-order valence-corrected chi connectivity index (χ0v) is 10.8. The summed E-state index contributed by atoms with van der Waals surface area (Å²) in [5.74, 6) is 0. The molecule has 5 heteroatoms. The van der Waals surface area contributed by atoms with Crippen LogP contribution in [-0.2, 0) is 4.74 Å². The van der Waals surface area contributed by atoms with Gasteiger partial charge in [0.15, 0.2) is 0 Å².